The first-order valence-electron chi connectivity index (χ1n) is 6.92. The van der Waals surface area contributed by atoms with Gasteiger partial charge in [0.05, 0.1) is 28.9 Å². The van der Waals surface area contributed by atoms with Crippen LogP contribution in [0, 0.1) is 27.7 Å². The number of carbonyl (C=O) groups is 1. The molecule has 0 unspecified atom stereocenters. The third-order valence-electron chi connectivity index (χ3n) is 3.82. The summed E-state index contributed by atoms with van der Waals surface area (Å²) in [5, 5.41) is 4.92. The number of hydrogen-bond acceptors (Lipinski definition) is 5. The van der Waals surface area contributed by atoms with Crippen molar-refractivity contribution < 1.29 is 9.32 Å². The van der Waals surface area contributed by atoms with Gasteiger partial charge in [0.1, 0.15) is 5.76 Å². The van der Waals surface area contributed by atoms with E-state index in [0.29, 0.717) is 12.2 Å². The van der Waals surface area contributed by atoms with Crippen LogP contribution < -0.4 is 0 Å². The summed E-state index contributed by atoms with van der Waals surface area (Å²) in [6.45, 7) is 9.73. The summed E-state index contributed by atoms with van der Waals surface area (Å²) in [5.74, 6) is 0.754. The molecule has 6 heteroatoms. The normalized spacial score (nSPS) is 12.5. The Morgan fingerprint density at radius 3 is 2.48 bits per heavy atom. The molecule has 114 valence electrons. The summed E-state index contributed by atoms with van der Waals surface area (Å²) in [6, 6.07) is -0.0390. The van der Waals surface area contributed by atoms with Crippen molar-refractivity contribution in [3.63, 3.8) is 0 Å². The Balaban J connectivity index is 2.14. The first kappa shape index (κ1) is 15.7. The maximum absolute atomic E-state index is 12.5. The molecule has 0 saturated heterocycles. The fourth-order valence-corrected chi connectivity index (χ4v) is 3.27. The number of rotatable bonds is 4. The lowest BCUT2D eigenvalue weighted by atomic mass is 10.1. The molecule has 0 N–H and O–H groups in total. The van der Waals surface area contributed by atoms with Crippen LogP contribution in [0.1, 0.15) is 45.6 Å². The predicted molar refractivity (Wildman–Crippen MR) is 82.5 cm³/mol. The van der Waals surface area contributed by atoms with Crippen molar-refractivity contribution in [3.8, 4) is 0 Å². The second kappa shape index (κ2) is 5.97. The molecule has 5 nitrogen and oxygen atoms in total. The van der Waals surface area contributed by atoms with Crippen molar-refractivity contribution >= 4 is 17.2 Å². The number of nitrogens with zero attached hydrogens (tertiary/aromatic N) is 3. The average Bonchev–Trinajstić information content (AvgIpc) is 2.92. The minimum atomic E-state index is -0.0390. The molecule has 0 aliphatic heterocycles. The Labute approximate surface area is 129 Å². The summed E-state index contributed by atoms with van der Waals surface area (Å²) in [6.07, 6.45) is 0.310. The van der Waals surface area contributed by atoms with E-state index in [1.54, 1.807) is 16.2 Å². The summed E-state index contributed by atoms with van der Waals surface area (Å²) < 4.78 is 5.11. The van der Waals surface area contributed by atoms with E-state index in [0.717, 1.165) is 26.8 Å². The number of amides is 1. The average molecular weight is 307 g/mol. The summed E-state index contributed by atoms with van der Waals surface area (Å²) in [4.78, 5) is 19.9. The Bertz CT molecular complexity index is 640. The minimum absolute atomic E-state index is 0.0390. The standard InChI is InChI=1S/C15H21N3O2S/c1-8-13(10(3)20-17-8)7-14(19)18(6)9(2)15-11(4)21-12(5)16-15/h9H,7H2,1-6H3/t9-/m0/s1. The highest BCUT2D eigenvalue weighted by Gasteiger charge is 2.23. The first-order chi connectivity index (χ1) is 9.81. The maximum Gasteiger partial charge on any atom is 0.227 e. The number of aromatic nitrogens is 2. The number of hydrogen-bond donors (Lipinski definition) is 0. The smallest absolute Gasteiger partial charge is 0.227 e. The minimum Gasteiger partial charge on any atom is -0.361 e. The van der Waals surface area contributed by atoms with Crippen LogP contribution in [0.15, 0.2) is 4.52 Å². The van der Waals surface area contributed by atoms with E-state index >= 15 is 0 Å². The molecule has 1 atom stereocenters. The van der Waals surface area contributed by atoms with E-state index < -0.39 is 0 Å². The van der Waals surface area contributed by atoms with Gasteiger partial charge in [-0.2, -0.15) is 0 Å². The number of carbonyl (C=O) groups excluding carboxylic acids is 1. The highest BCUT2D eigenvalue weighted by molar-refractivity contribution is 7.11. The second-order valence-electron chi connectivity index (χ2n) is 5.33. The van der Waals surface area contributed by atoms with E-state index in [2.05, 4.69) is 10.1 Å². The summed E-state index contributed by atoms with van der Waals surface area (Å²) in [7, 11) is 1.82. The molecular weight excluding hydrogens is 286 g/mol. The lowest BCUT2D eigenvalue weighted by Crippen LogP contribution is -2.31. The molecule has 0 aliphatic carbocycles. The molecule has 0 bridgehead atoms. The third kappa shape index (κ3) is 3.15. The van der Waals surface area contributed by atoms with Crippen molar-refractivity contribution in [3.05, 3.63) is 32.6 Å². The Kier molecular flexibility index (Phi) is 4.46. The molecule has 1 amide bonds. The number of thiazole rings is 1. The van der Waals surface area contributed by atoms with Crippen LogP contribution in [0.4, 0.5) is 0 Å². The molecular formula is C15H21N3O2S. The van der Waals surface area contributed by atoms with E-state index in [1.165, 1.54) is 0 Å². The van der Waals surface area contributed by atoms with Crippen LogP contribution in [0.2, 0.25) is 0 Å². The zero-order chi connectivity index (χ0) is 15.7. The second-order valence-corrected chi connectivity index (χ2v) is 6.74. The van der Waals surface area contributed by atoms with Gasteiger partial charge in [-0.3, -0.25) is 4.79 Å². The van der Waals surface area contributed by atoms with E-state index in [4.69, 9.17) is 4.52 Å². The molecule has 2 aromatic rings. The van der Waals surface area contributed by atoms with Crippen molar-refractivity contribution in [1.82, 2.24) is 15.0 Å². The molecule has 0 saturated carbocycles. The van der Waals surface area contributed by atoms with Crippen molar-refractivity contribution in [2.45, 2.75) is 47.1 Å². The van der Waals surface area contributed by atoms with Gasteiger partial charge in [0, 0.05) is 17.5 Å². The third-order valence-corrected chi connectivity index (χ3v) is 4.72. The lowest BCUT2D eigenvalue weighted by molar-refractivity contribution is -0.131. The van der Waals surface area contributed by atoms with Crippen LogP contribution in [0.5, 0.6) is 0 Å². The zero-order valence-electron chi connectivity index (χ0n) is 13.4. The first-order valence-corrected chi connectivity index (χ1v) is 7.74. The van der Waals surface area contributed by atoms with E-state index in [9.17, 15) is 4.79 Å². The molecule has 0 fully saturated rings. The predicted octanol–water partition coefficient (Wildman–Crippen LogP) is 3.13. The van der Waals surface area contributed by atoms with Crippen LogP contribution in [0.25, 0.3) is 0 Å². The Hall–Kier alpha value is -1.69. The molecule has 0 radical (unpaired) electrons. The van der Waals surface area contributed by atoms with Gasteiger partial charge in [0.15, 0.2) is 0 Å². The summed E-state index contributed by atoms with van der Waals surface area (Å²) >= 11 is 1.66. The van der Waals surface area contributed by atoms with Gasteiger partial charge in [-0.15, -0.1) is 11.3 Å². The highest BCUT2D eigenvalue weighted by Crippen LogP contribution is 2.26. The molecule has 21 heavy (non-hydrogen) atoms. The lowest BCUT2D eigenvalue weighted by Gasteiger charge is -2.24. The van der Waals surface area contributed by atoms with Crippen molar-refractivity contribution in [1.29, 1.82) is 0 Å². The molecule has 2 rings (SSSR count). The molecule has 0 aliphatic rings. The van der Waals surface area contributed by atoms with E-state index in [-0.39, 0.29) is 11.9 Å². The van der Waals surface area contributed by atoms with Gasteiger partial charge in [-0.25, -0.2) is 4.98 Å². The molecule has 0 spiro atoms. The molecule has 2 heterocycles. The van der Waals surface area contributed by atoms with Crippen LogP contribution >= 0.6 is 11.3 Å². The van der Waals surface area contributed by atoms with Crippen LogP contribution in [0.3, 0.4) is 0 Å². The van der Waals surface area contributed by atoms with Gasteiger partial charge in [-0.1, -0.05) is 5.16 Å². The largest absolute Gasteiger partial charge is 0.361 e. The SMILES string of the molecule is Cc1nc([C@H](C)N(C)C(=O)Cc2c(C)noc2C)c(C)s1. The monoisotopic (exact) mass is 307 g/mol. The maximum atomic E-state index is 12.5. The molecule has 2 aromatic heterocycles. The topological polar surface area (TPSA) is 59.2 Å². The Morgan fingerprint density at radius 2 is 2.00 bits per heavy atom. The van der Waals surface area contributed by atoms with Gasteiger partial charge in [-0.05, 0) is 34.6 Å². The quantitative estimate of drug-likeness (QED) is 0.870. The molecule has 0 aromatic carbocycles. The number of likely N-dealkylation sites (N-methyl/N-ethyl adjacent to an activating group) is 1. The highest BCUT2D eigenvalue weighted by atomic mass is 32.1. The zero-order valence-corrected chi connectivity index (χ0v) is 14.2. The summed E-state index contributed by atoms with van der Waals surface area (Å²) in [5.41, 5.74) is 2.64. The van der Waals surface area contributed by atoms with Crippen molar-refractivity contribution in [2.24, 2.45) is 0 Å². The fraction of sp³-hybridized carbons (Fsp3) is 0.533. The van der Waals surface area contributed by atoms with Gasteiger partial charge < -0.3 is 9.42 Å². The van der Waals surface area contributed by atoms with E-state index in [1.807, 2.05) is 41.7 Å². The van der Waals surface area contributed by atoms with Crippen LogP contribution in [-0.4, -0.2) is 28.0 Å². The van der Waals surface area contributed by atoms with Gasteiger partial charge >= 0.3 is 0 Å². The fourth-order valence-electron chi connectivity index (χ4n) is 2.36. The number of aryl methyl sites for hydroxylation is 4. The van der Waals surface area contributed by atoms with Gasteiger partial charge in [0.2, 0.25) is 5.91 Å². The van der Waals surface area contributed by atoms with Crippen molar-refractivity contribution in [2.75, 3.05) is 7.05 Å². The van der Waals surface area contributed by atoms with Gasteiger partial charge in [0.25, 0.3) is 0 Å². The van der Waals surface area contributed by atoms with Crippen LogP contribution in [-0.2, 0) is 11.2 Å². The Morgan fingerprint density at radius 1 is 1.33 bits per heavy atom.